The van der Waals surface area contributed by atoms with Crippen LogP contribution in [0, 0.1) is 44.3 Å². The van der Waals surface area contributed by atoms with Crippen LogP contribution in [0.5, 0.6) is 0 Å². The molecule has 7 atom stereocenters. The first kappa shape index (κ1) is 45.4. The van der Waals surface area contributed by atoms with Crippen molar-refractivity contribution in [3.05, 3.63) is 12.7 Å². The zero-order valence-electron chi connectivity index (χ0n) is 38.0. The van der Waals surface area contributed by atoms with Crippen LogP contribution in [-0.4, -0.2) is 102 Å². The molecule has 60 heavy (non-hydrogen) atoms. The highest BCUT2D eigenvalue weighted by Crippen LogP contribution is 2.88. The lowest BCUT2D eigenvalue weighted by Crippen LogP contribution is -2.58. The molecule has 7 rings (SSSR count). The van der Waals surface area contributed by atoms with Crippen molar-refractivity contribution in [1.29, 1.82) is 0 Å². The zero-order chi connectivity index (χ0) is 43.8. The Morgan fingerprint density at radius 1 is 0.800 bits per heavy atom. The molecule has 3 amide bonds. The van der Waals surface area contributed by atoms with Crippen LogP contribution < -0.4 is 10.0 Å². The number of fused-ring (bicyclic) bond motifs is 1. The third-order valence-electron chi connectivity index (χ3n) is 17.3. The molecule has 2 spiro atoms. The molecule has 0 aromatic heterocycles. The summed E-state index contributed by atoms with van der Waals surface area (Å²) in [6.45, 7) is 22.2. The smallest absolute Gasteiger partial charge is 0.303 e. The second-order valence-electron chi connectivity index (χ2n) is 22.8. The van der Waals surface area contributed by atoms with Crippen molar-refractivity contribution < 1.29 is 32.4 Å². The minimum atomic E-state index is -4.06. The molecule has 4 aliphatic carbocycles. The van der Waals surface area contributed by atoms with Crippen LogP contribution in [0.1, 0.15) is 158 Å². The second kappa shape index (κ2) is 15.9. The molecule has 336 valence electrons. The number of rotatable bonds is 14. The van der Waals surface area contributed by atoms with E-state index >= 15 is 4.79 Å². The lowest BCUT2D eigenvalue weighted by atomic mass is 9.73. The highest BCUT2D eigenvalue weighted by atomic mass is 32.2. The van der Waals surface area contributed by atoms with E-state index in [1.54, 1.807) is 11.0 Å². The number of nitrogens with one attached hydrogen (secondary N) is 2. The number of likely N-dealkylation sites (tertiary alicyclic amines) is 2. The molecular formula is C47H75N5O7S. The van der Waals surface area contributed by atoms with Gasteiger partial charge in [0, 0.05) is 49.9 Å². The minimum Gasteiger partial charge on any atom is -0.344 e. The molecular weight excluding hydrogens is 779 g/mol. The molecule has 0 radical (unpaired) electrons. The van der Waals surface area contributed by atoms with E-state index in [1.807, 2.05) is 41.5 Å². The Balaban J connectivity index is 1.13. The molecule has 0 bridgehead atoms. The number of amides is 3. The van der Waals surface area contributed by atoms with Gasteiger partial charge in [0.2, 0.25) is 17.7 Å². The number of hydrogen-bond donors (Lipinski definition) is 2. The van der Waals surface area contributed by atoms with E-state index in [0.717, 1.165) is 70.8 Å². The van der Waals surface area contributed by atoms with E-state index in [2.05, 4.69) is 35.4 Å². The first-order valence-corrected chi connectivity index (χ1v) is 24.8. The van der Waals surface area contributed by atoms with E-state index in [-0.39, 0.29) is 64.4 Å². The normalized spacial score (nSPS) is 32.7. The average Bonchev–Trinajstić information content (AvgIpc) is 3.60. The lowest BCUT2D eigenvalue weighted by Gasteiger charge is -2.41. The van der Waals surface area contributed by atoms with E-state index in [0.29, 0.717) is 38.5 Å². The van der Waals surface area contributed by atoms with Crippen molar-refractivity contribution in [3.8, 4) is 0 Å². The Morgan fingerprint density at radius 3 is 1.95 bits per heavy atom. The average molecular weight is 854 g/mol. The number of allylic oxidation sites excluding steroid dienone is 1. The van der Waals surface area contributed by atoms with Gasteiger partial charge in [-0.1, -0.05) is 87.1 Å². The number of nitrogens with zero attached hydrogens (tertiary/aromatic N) is 3. The fourth-order valence-corrected chi connectivity index (χ4v) is 14.5. The third-order valence-corrected chi connectivity index (χ3v) is 18.8. The Kier molecular flexibility index (Phi) is 12.0. The first-order chi connectivity index (χ1) is 28.0. The monoisotopic (exact) mass is 854 g/mol. The van der Waals surface area contributed by atoms with Crippen molar-refractivity contribution in [3.63, 3.8) is 0 Å². The van der Waals surface area contributed by atoms with E-state index in [1.165, 1.54) is 17.1 Å². The number of ketones is 2. The molecule has 7 fully saturated rings. The van der Waals surface area contributed by atoms with Gasteiger partial charge in [0.25, 0.3) is 0 Å². The van der Waals surface area contributed by atoms with Crippen molar-refractivity contribution >= 4 is 39.5 Å². The predicted octanol–water partition coefficient (Wildman–Crippen LogP) is 6.34. The van der Waals surface area contributed by atoms with Crippen LogP contribution in [0.4, 0.5) is 0 Å². The van der Waals surface area contributed by atoms with Gasteiger partial charge >= 0.3 is 10.2 Å². The van der Waals surface area contributed by atoms with E-state index < -0.39 is 50.4 Å². The summed E-state index contributed by atoms with van der Waals surface area (Å²) in [5.74, 6) is -2.60. The Morgan fingerprint density at radius 2 is 1.42 bits per heavy atom. The Hall–Kier alpha value is -2.64. The summed E-state index contributed by atoms with van der Waals surface area (Å²) < 4.78 is 30.0. The van der Waals surface area contributed by atoms with Gasteiger partial charge in [-0.3, -0.25) is 28.9 Å². The quantitative estimate of drug-likeness (QED) is 0.192. The predicted molar refractivity (Wildman–Crippen MR) is 231 cm³/mol. The third kappa shape index (κ3) is 7.64. The van der Waals surface area contributed by atoms with Crippen LogP contribution in [0.2, 0.25) is 0 Å². The molecule has 2 N–H and O–H groups in total. The summed E-state index contributed by atoms with van der Waals surface area (Å²) in [6, 6.07) is -1.49. The van der Waals surface area contributed by atoms with Crippen LogP contribution >= 0.6 is 0 Å². The van der Waals surface area contributed by atoms with Gasteiger partial charge in [0.15, 0.2) is 11.6 Å². The Bertz CT molecular complexity index is 1850. The highest BCUT2D eigenvalue weighted by Gasteiger charge is 2.85. The highest BCUT2D eigenvalue weighted by molar-refractivity contribution is 7.87. The van der Waals surface area contributed by atoms with Gasteiger partial charge < -0.3 is 10.2 Å². The van der Waals surface area contributed by atoms with Crippen LogP contribution in [0.15, 0.2) is 12.7 Å². The zero-order valence-corrected chi connectivity index (χ0v) is 38.8. The maximum absolute atomic E-state index is 15.3. The van der Waals surface area contributed by atoms with Crippen molar-refractivity contribution in [2.45, 2.75) is 182 Å². The van der Waals surface area contributed by atoms with Crippen molar-refractivity contribution in [2.75, 3.05) is 26.2 Å². The molecule has 13 heteroatoms. The molecule has 0 unspecified atom stereocenters. The molecule has 0 aromatic rings. The molecule has 4 saturated carbocycles. The van der Waals surface area contributed by atoms with Gasteiger partial charge in [0.1, 0.15) is 0 Å². The van der Waals surface area contributed by atoms with Gasteiger partial charge in [-0.15, -0.1) is 6.58 Å². The molecule has 0 aromatic carbocycles. The number of carbonyl (C=O) groups is 5. The maximum atomic E-state index is 15.3. The summed E-state index contributed by atoms with van der Waals surface area (Å²) >= 11 is 0. The maximum Gasteiger partial charge on any atom is 0.303 e. The topological polar surface area (TPSA) is 153 Å². The summed E-state index contributed by atoms with van der Waals surface area (Å²) in [5, 5.41) is 3.22. The molecule has 3 heterocycles. The van der Waals surface area contributed by atoms with Gasteiger partial charge in [-0.05, 0) is 98.3 Å². The Labute approximate surface area is 360 Å². The first-order valence-electron chi connectivity index (χ1n) is 23.3. The molecule has 12 nitrogen and oxygen atoms in total. The summed E-state index contributed by atoms with van der Waals surface area (Å²) in [5.41, 5.74) is -2.88. The molecule has 3 aliphatic heterocycles. The number of piperidine rings is 1. The fraction of sp³-hybridized carbons (Fsp3) is 0.851. The number of hydrogen-bond acceptors (Lipinski definition) is 8. The van der Waals surface area contributed by atoms with Crippen molar-refractivity contribution in [1.82, 2.24) is 24.1 Å². The van der Waals surface area contributed by atoms with Gasteiger partial charge in [-0.25, -0.2) is 4.72 Å². The summed E-state index contributed by atoms with van der Waals surface area (Å²) in [7, 11) is -4.06. The minimum absolute atomic E-state index is 0.0236. The second-order valence-corrected chi connectivity index (χ2v) is 24.5. The molecule has 3 saturated heterocycles. The van der Waals surface area contributed by atoms with Crippen LogP contribution in [-0.2, 0) is 34.2 Å². The van der Waals surface area contributed by atoms with Gasteiger partial charge in [-0.2, -0.15) is 12.7 Å². The van der Waals surface area contributed by atoms with Crippen molar-refractivity contribution in [2.24, 2.45) is 44.3 Å². The van der Waals surface area contributed by atoms with Crippen LogP contribution in [0.3, 0.4) is 0 Å². The van der Waals surface area contributed by atoms with Crippen LogP contribution in [0.25, 0.3) is 0 Å². The van der Waals surface area contributed by atoms with E-state index in [9.17, 15) is 27.6 Å². The fourth-order valence-electron chi connectivity index (χ4n) is 13.2. The summed E-state index contributed by atoms with van der Waals surface area (Å²) in [4.78, 5) is 77.2. The SMILES string of the molecule is C=C[C@@H]1C[C@]1(CC(=O)[C@@H]1C[C@@]2(CN1C(=O)[C@@H](CC(=O)[C@@H](NC(=O)[C@@H]1CCCCN1C1CCCC1)C(C)(C)C)C(C)(C)C)C(C)(C)C21CCC1)C(=O)NS(=O)(=O)N1CCCC1. The van der Waals surface area contributed by atoms with E-state index in [4.69, 9.17) is 0 Å². The lowest BCUT2D eigenvalue weighted by molar-refractivity contribution is -0.147. The largest absolute Gasteiger partial charge is 0.344 e. The number of Topliss-reactive ketones (excluding diaryl/α,β-unsaturated/α-hetero) is 2. The molecule has 7 aliphatic rings. The van der Waals surface area contributed by atoms with Gasteiger partial charge in [0.05, 0.1) is 23.5 Å². The standard InChI is InChI=1S/C47H75N5O7S/c1-10-31-27-45(31,41(57)49-60(58,59)50-23-15-16-24-50)29-37(54)35-28-47(44(8,9)46(47)21-17-22-46)30-52(35)40(56)33(42(2,3)4)26-36(53)38(43(5,6)7)48-39(55)34-20-13-14-25-51(34)32-18-11-12-19-32/h10,31-35,38H,1,11-30H2,2-9H3,(H,48,55)(H,49,57)/t31-,33-,34+,35+,38-,45-,47-/m1/s1. The number of carbonyl (C=O) groups excluding carboxylic acids is 5. The summed E-state index contributed by atoms with van der Waals surface area (Å²) in [6.07, 6.45) is 14.2.